The zero-order valence-corrected chi connectivity index (χ0v) is 19.0. The third-order valence-corrected chi connectivity index (χ3v) is 5.98. The third-order valence-electron chi connectivity index (χ3n) is 3.96. The topological polar surface area (TPSA) is 159 Å². The van der Waals surface area contributed by atoms with Crippen LogP contribution in [0.5, 0.6) is 0 Å². The number of carbonyl (C=O) groups excluding carboxylic acids is 3. The Bertz CT molecular complexity index is 985. The molecule has 0 radical (unpaired) electrons. The van der Waals surface area contributed by atoms with Gasteiger partial charge in [-0.1, -0.05) is 5.16 Å². The molecule has 0 saturated carbocycles. The monoisotopic (exact) mass is 453 g/mol. The fourth-order valence-corrected chi connectivity index (χ4v) is 4.69. The van der Waals surface area contributed by atoms with Gasteiger partial charge < -0.3 is 30.5 Å². The van der Waals surface area contributed by atoms with Crippen molar-refractivity contribution >= 4 is 51.7 Å². The van der Waals surface area contributed by atoms with Gasteiger partial charge >= 0.3 is 29.6 Å². The van der Waals surface area contributed by atoms with Crippen LogP contribution < -0.4 is 45.7 Å². The van der Waals surface area contributed by atoms with Gasteiger partial charge in [-0.05, 0) is 5.57 Å². The predicted octanol–water partition coefficient (Wildman–Crippen LogP) is -4.87. The van der Waals surface area contributed by atoms with Crippen molar-refractivity contribution in [2.24, 2.45) is 5.16 Å². The van der Waals surface area contributed by atoms with E-state index in [-0.39, 0.29) is 58.4 Å². The molecule has 11 nitrogen and oxygen atoms in total. The number of nitrogens with one attached hydrogen (secondary N) is 1. The molecule has 2 amide bonds. The first-order chi connectivity index (χ1) is 14.5. The van der Waals surface area contributed by atoms with Crippen LogP contribution in [0.4, 0.5) is 5.13 Å². The second-order valence-electron chi connectivity index (χ2n) is 5.64. The molecule has 0 unspecified atom stereocenters. The number of anilines is 1. The number of nitrogens with two attached hydrogens (primary N) is 1. The molecule has 1 fully saturated rings. The summed E-state index contributed by atoms with van der Waals surface area (Å²) in [5.41, 5.74) is 5.12. The molecule has 14 heteroatoms. The molecule has 1 aromatic rings. The van der Waals surface area contributed by atoms with Crippen LogP contribution in [-0.4, -0.2) is 71.3 Å². The number of aromatic nitrogens is 1. The minimum absolute atomic E-state index is 0. The number of β-lactam (4-membered cyclic amide) rings is 1. The van der Waals surface area contributed by atoms with Gasteiger partial charge in [-0.2, -0.15) is 0 Å². The maximum atomic E-state index is 12.8. The van der Waals surface area contributed by atoms with E-state index in [1.54, 1.807) is 0 Å². The van der Waals surface area contributed by atoms with Gasteiger partial charge in [0.25, 0.3) is 11.8 Å². The van der Waals surface area contributed by atoms with Crippen molar-refractivity contribution in [3.63, 3.8) is 0 Å². The summed E-state index contributed by atoms with van der Waals surface area (Å²) in [6, 6.07) is -1.08. The Hall–Kier alpha value is -1.64. The van der Waals surface area contributed by atoms with Gasteiger partial charge in [-0.25, -0.2) is 4.98 Å². The van der Waals surface area contributed by atoms with Crippen LogP contribution in [0.1, 0.15) is 9.81 Å². The first-order valence-electron chi connectivity index (χ1n) is 9.19. The minimum atomic E-state index is -2.92. The summed E-state index contributed by atoms with van der Waals surface area (Å²) in [4.78, 5) is 46.2. The van der Waals surface area contributed by atoms with E-state index in [1.165, 1.54) is 24.3 Å². The molecule has 150 valence electrons. The van der Waals surface area contributed by atoms with Crippen LogP contribution in [-0.2, 0) is 24.0 Å². The average molecular weight is 453 g/mol. The number of carboxylic acids is 1. The Morgan fingerprint density at radius 1 is 1.59 bits per heavy atom. The second-order valence-corrected chi connectivity index (χ2v) is 7.63. The number of fused-ring (bicyclic) bond motifs is 1. The minimum Gasteiger partial charge on any atom is -0.543 e. The fraction of sp³-hybridized carbons (Fsp3) is 0.400. The number of hydrogen-bond donors (Lipinski definition) is 2. The summed E-state index contributed by atoms with van der Waals surface area (Å²) < 4.78 is 26.2. The normalized spacial score (nSPS) is 23.1. The fourth-order valence-electron chi connectivity index (χ4n) is 2.81. The molecule has 0 spiro atoms. The van der Waals surface area contributed by atoms with E-state index in [4.69, 9.17) is 14.6 Å². The van der Waals surface area contributed by atoms with Crippen LogP contribution in [0, 0.1) is 0 Å². The molecule has 1 aromatic heterocycles. The number of methoxy groups -OCH3 is 1. The Morgan fingerprint density at radius 2 is 2.34 bits per heavy atom. The Morgan fingerprint density at radius 3 is 2.93 bits per heavy atom. The van der Waals surface area contributed by atoms with Gasteiger partial charge in [-0.3, -0.25) is 14.5 Å². The van der Waals surface area contributed by atoms with Crippen molar-refractivity contribution < 1.29 is 62.7 Å². The standard InChI is InChI=1S/C15H17N5O6S2.Na/c1-25-3-6-4-27-13-9(12(22)20(13)10(6)14(23)24)18-11(21)8(19-26-2)7-5-28-15(16)17-7;/h5,9,13H,3-4H2,1-2H3,(H2,16,17)(H,18,21)(H,23,24);/q;+1/p-1/b19-8+;/t9-,13-;/m1./s1/i2+1D3;. The molecule has 0 aliphatic carbocycles. The molecule has 0 aromatic carbocycles. The first-order valence-corrected chi connectivity index (χ1v) is 9.61. The number of carbonyl (C=O) groups is 3. The number of carboxylic acid groups (broad SMARTS) is 1. The molecule has 2 aliphatic rings. The number of nitrogens with zero attached hydrogens (tertiary/aromatic N) is 3. The summed E-state index contributed by atoms with van der Waals surface area (Å²) in [5.74, 6) is -2.88. The second kappa shape index (κ2) is 9.91. The summed E-state index contributed by atoms with van der Waals surface area (Å²) in [5, 5.41) is 18.1. The van der Waals surface area contributed by atoms with E-state index < -0.39 is 41.9 Å². The molecule has 29 heavy (non-hydrogen) atoms. The van der Waals surface area contributed by atoms with Crippen LogP contribution in [0.2, 0.25) is 0 Å². The molecule has 2 atom stereocenters. The number of rotatable bonds is 7. The van der Waals surface area contributed by atoms with Crippen LogP contribution in [0.15, 0.2) is 21.8 Å². The number of amides is 2. The number of ether oxygens (including phenoxy) is 1. The van der Waals surface area contributed by atoms with Crippen molar-refractivity contribution in [2.75, 3.05) is 32.2 Å². The quantitative estimate of drug-likeness (QED) is 0.136. The number of oxime groups is 1. The molecular formula is C15H16N5NaO6S2. The van der Waals surface area contributed by atoms with Gasteiger partial charge in [0.15, 0.2) is 10.8 Å². The first kappa shape index (κ1) is 19.3. The number of nitrogen functional groups attached to an aromatic ring is 1. The van der Waals surface area contributed by atoms with Crippen molar-refractivity contribution in [3.8, 4) is 0 Å². The number of thiazole rings is 1. The summed E-state index contributed by atoms with van der Waals surface area (Å²) in [6.07, 6.45) is 0. The molecule has 0 bridgehead atoms. The Kier molecular flexibility index (Phi) is 6.61. The molecule has 1 saturated heterocycles. The van der Waals surface area contributed by atoms with Gasteiger partial charge in [0.2, 0.25) is 0 Å². The maximum Gasteiger partial charge on any atom is 1.00 e. The molecule has 3 heterocycles. The zero-order chi connectivity index (χ0) is 22.9. The van der Waals surface area contributed by atoms with Crippen molar-refractivity contribution in [1.29, 1.82) is 0 Å². The third kappa shape index (κ3) is 4.59. The van der Waals surface area contributed by atoms with Crippen molar-refractivity contribution in [2.45, 2.75) is 11.4 Å². The molecule has 2 aliphatic heterocycles. The number of aliphatic carboxylic acids is 1. The van der Waals surface area contributed by atoms with Crippen molar-refractivity contribution in [1.82, 2.24) is 15.2 Å². The predicted molar refractivity (Wildman–Crippen MR) is 99.0 cm³/mol. The SMILES string of the molecule is [2H][13C]([2H])([2H])O/N=C(/C(=O)N[C@@H]1C(=O)N2C(C(=O)[O-])=C(COC)CS[C@H]12)c1csc(N)n1.[Na+]. The van der Waals surface area contributed by atoms with Crippen LogP contribution in [0.25, 0.3) is 0 Å². The van der Waals surface area contributed by atoms with Gasteiger partial charge in [0, 0.05) is 18.2 Å². The van der Waals surface area contributed by atoms with E-state index >= 15 is 0 Å². The zero-order valence-electron chi connectivity index (χ0n) is 18.3. The molecule has 3 rings (SSSR count). The Balaban J connectivity index is 0.00000363. The van der Waals surface area contributed by atoms with Crippen molar-refractivity contribution in [3.05, 3.63) is 22.3 Å². The molecular weight excluding hydrogens is 434 g/mol. The van der Waals surface area contributed by atoms with Crippen LogP contribution in [0.3, 0.4) is 0 Å². The van der Waals surface area contributed by atoms with E-state index in [0.717, 1.165) is 16.2 Å². The number of thioether (sulfide) groups is 1. The average Bonchev–Trinajstić information content (AvgIpc) is 3.10. The summed E-state index contributed by atoms with van der Waals surface area (Å²) in [6.45, 7) is 0.0123. The summed E-state index contributed by atoms with van der Waals surface area (Å²) in [7, 11) is -1.52. The largest absolute Gasteiger partial charge is 1.00 e. The van der Waals surface area contributed by atoms with E-state index in [9.17, 15) is 19.5 Å². The van der Waals surface area contributed by atoms with E-state index in [2.05, 4.69) is 20.3 Å². The van der Waals surface area contributed by atoms with Gasteiger partial charge in [0.1, 0.15) is 24.1 Å². The Labute approximate surface area is 200 Å². The van der Waals surface area contributed by atoms with E-state index in [0.29, 0.717) is 5.57 Å². The van der Waals surface area contributed by atoms with Gasteiger partial charge in [0.05, 0.1) is 22.4 Å². The van der Waals surface area contributed by atoms with Gasteiger partial charge in [-0.15, -0.1) is 23.1 Å². The van der Waals surface area contributed by atoms with Crippen LogP contribution >= 0.6 is 23.1 Å². The van der Waals surface area contributed by atoms with E-state index in [1.807, 2.05) is 0 Å². The summed E-state index contributed by atoms with van der Waals surface area (Å²) >= 11 is 2.22. The maximum absolute atomic E-state index is 12.8. The smallest absolute Gasteiger partial charge is 0.543 e. The number of hydrogen-bond acceptors (Lipinski definition) is 11. The molecule has 3 N–H and O–H groups in total.